The number of aliphatic carboxylic acids is 1. The minimum absolute atomic E-state index is 0.0475. The lowest BCUT2D eigenvalue weighted by molar-refractivity contribution is -0.139. The van der Waals surface area contributed by atoms with Crippen molar-refractivity contribution in [3.05, 3.63) is 35.9 Å². The number of carboxylic acids is 1. The van der Waals surface area contributed by atoms with Gasteiger partial charge >= 0.3 is 5.97 Å². The summed E-state index contributed by atoms with van der Waals surface area (Å²) in [6.07, 6.45) is 3.04. The van der Waals surface area contributed by atoms with E-state index in [1.54, 1.807) is 12.1 Å². The van der Waals surface area contributed by atoms with E-state index < -0.39 is 5.97 Å². The van der Waals surface area contributed by atoms with Crippen LogP contribution in [0.2, 0.25) is 0 Å². The third kappa shape index (κ3) is 4.06. The van der Waals surface area contributed by atoms with Crippen molar-refractivity contribution in [3.63, 3.8) is 0 Å². The van der Waals surface area contributed by atoms with Crippen LogP contribution in [0.15, 0.2) is 30.3 Å². The first-order valence-corrected chi connectivity index (χ1v) is 6.96. The lowest BCUT2D eigenvalue weighted by Crippen LogP contribution is -2.48. The first-order chi connectivity index (χ1) is 9.66. The maximum Gasteiger partial charge on any atom is 0.317 e. The second kappa shape index (κ2) is 7.05. The first-order valence-electron chi connectivity index (χ1n) is 6.96. The number of amides is 1. The van der Waals surface area contributed by atoms with E-state index in [1.165, 1.54) is 0 Å². The van der Waals surface area contributed by atoms with Gasteiger partial charge in [-0.25, -0.2) is 0 Å². The van der Waals surface area contributed by atoms with E-state index in [-0.39, 0.29) is 18.5 Å². The first kappa shape index (κ1) is 14.5. The smallest absolute Gasteiger partial charge is 0.317 e. The molecule has 108 valence electrons. The van der Waals surface area contributed by atoms with Gasteiger partial charge < -0.3 is 10.4 Å². The third-order valence-electron chi connectivity index (χ3n) is 3.62. The lowest BCUT2D eigenvalue weighted by atomic mass is 10.0. The summed E-state index contributed by atoms with van der Waals surface area (Å²) >= 11 is 0. The molecule has 2 rings (SSSR count). The molecule has 1 atom stereocenters. The van der Waals surface area contributed by atoms with Crippen LogP contribution in [-0.4, -0.2) is 47.6 Å². The van der Waals surface area contributed by atoms with Gasteiger partial charge in [0, 0.05) is 18.2 Å². The minimum atomic E-state index is -0.814. The molecule has 0 radical (unpaired) electrons. The van der Waals surface area contributed by atoms with Gasteiger partial charge in [0.1, 0.15) is 0 Å². The van der Waals surface area contributed by atoms with Crippen molar-refractivity contribution in [2.24, 2.45) is 0 Å². The molecule has 1 saturated heterocycles. The number of benzene rings is 1. The molecule has 2 N–H and O–H groups in total. The number of hydrogen-bond donors (Lipinski definition) is 2. The van der Waals surface area contributed by atoms with E-state index in [1.807, 2.05) is 23.1 Å². The van der Waals surface area contributed by atoms with Gasteiger partial charge in [-0.15, -0.1) is 0 Å². The topological polar surface area (TPSA) is 69.6 Å². The highest BCUT2D eigenvalue weighted by atomic mass is 16.4. The Morgan fingerprint density at radius 3 is 2.70 bits per heavy atom. The van der Waals surface area contributed by atoms with Crippen LogP contribution in [0.3, 0.4) is 0 Å². The van der Waals surface area contributed by atoms with Gasteiger partial charge in [-0.2, -0.15) is 0 Å². The molecule has 0 unspecified atom stereocenters. The molecule has 0 aliphatic carbocycles. The second-order valence-electron chi connectivity index (χ2n) is 5.09. The summed E-state index contributed by atoms with van der Waals surface area (Å²) in [5.41, 5.74) is 0.632. The molecule has 20 heavy (non-hydrogen) atoms. The molecule has 1 aliphatic heterocycles. The number of carbonyl (C=O) groups is 2. The zero-order valence-corrected chi connectivity index (χ0v) is 11.4. The molecule has 5 heteroatoms. The van der Waals surface area contributed by atoms with E-state index in [9.17, 15) is 9.59 Å². The van der Waals surface area contributed by atoms with Gasteiger partial charge in [-0.05, 0) is 31.5 Å². The molecule has 1 heterocycles. The second-order valence-corrected chi connectivity index (χ2v) is 5.09. The molecular weight excluding hydrogens is 256 g/mol. The quantitative estimate of drug-likeness (QED) is 0.852. The van der Waals surface area contributed by atoms with Crippen LogP contribution in [0.4, 0.5) is 0 Å². The molecular formula is C15H20N2O3. The molecule has 1 amide bonds. The fourth-order valence-corrected chi connectivity index (χ4v) is 2.58. The van der Waals surface area contributed by atoms with E-state index in [2.05, 4.69) is 5.32 Å². The van der Waals surface area contributed by atoms with Crippen LogP contribution < -0.4 is 5.32 Å². The Bertz CT molecular complexity index is 461. The van der Waals surface area contributed by atoms with Gasteiger partial charge in [0.25, 0.3) is 5.91 Å². The van der Waals surface area contributed by atoms with Crippen molar-refractivity contribution in [1.82, 2.24) is 10.2 Å². The van der Waals surface area contributed by atoms with Gasteiger partial charge in [-0.3, -0.25) is 14.5 Å². The summed E-state index contributed by atoms with van der Waals surface area (Å²) in [4.78, 5) is 24.8. The SMILES string of the molecule is O=C(O)CN1CCCC[C@H]1CNC(=O)c1ccccc1. The molecule has 1 fully saturated rings. The van der Waals surface area contributed by atoms with Crippen molar-refractivity contribution >= 4 is 11.9 Å². The van der Waals surface area contributed by atoms with Gasteiger partial charge in [0.15, 0.2) is 0 Å². The molecule has 5 nitrogen and oxygen atoms in total. The number of hydrogen-bond acceptors (Lipinski definition) is 3. The Hall–Kier alpha value is -1.88. The largest absolute Gasteiger partial charge is 0.480 e. The predicted molar refractivity (Wildman–Crippen MR) is 75.6 cm³/mol. The molecule has 1 aliphatic rings. The summed E-state index contributed by atoms with van der Waals surface area (Å²) < 4.78 is 0. The van der Waals surface area contributed by atoms with Crippen molar-refractivity contribution < 1.29 is 14.7 Å². The Balaban J connectivity index is 1.88. The highest BCUT2D eigenvalue weighted by Crippen LogP contribution is 2.16. The number of carbonyl (C=O) groups excluding carboxylic acids is 1. The zero-order chi connectivity index (χ0) is 14.4. The van der Waals surface area contributed by atoms with E-state index in [0.717, 1.165) is 25.8 Å². The van der Waals surface area contributed by atoms with Crippen LogP contribution in [0.25, 0.3) is 0 Å². The molecule has 1 aromatic rings. The van der Waals surface area contributed by atoms with Crippen LogP contribution >= 0.6 is 0 Å². The van der Waals surface area contributed by atoms with Gasteiger partial charge in [0.2, 0.25) is 0 Å². The standard InChI is InChI=1S/C15H20N2O3/c18-14(19)11-17-9-5-4-8-13(17)10-16-15(20)12-6-2-1-3-7-12/h1-3,6-7,13H,4-5,8-11H2,(H,16,20)(H,18,19)/t13-/m0/s1. The van der Waals surface area contributed by atoms with Crippen molar-refractivity contribution in [1.29, 1.82) is 0 Å². The number of rotatable bonds is 5. The van der Waals surface area contributed by atoms with Crippen LogP contribution in [0.5, 0.6) is 0 Å². The van der Waals surface area contributed by atoms with Crippen molar-refractivity contribution in [2.75, 3.05) is 19.6 Å². The summed E-state index contributed by atoms with van der Waals surface area (Å²) in [5, 5.41) is 11.8. The van der Waals surface area contributed by atoms with Gasteiger partial charge in [0.05, 0.1) is 6.54 Å². The summed E-state index contributed by atoms with van der Waals surface area (Å²) in [6.45, 7) is 1.34. The summed E-state index contributed by atoms with van der Waals surface area (Å²) in [6, 6.07) is 9.18. The summed E-state index contributed by atoms with van der Waals surface area (Å²) in [7, 11) is 0. The minimum Gasteiger partial charge on any atom is -0.480 e. The predicted octanol–water partition coefficient (Wildman–Crippen LogP) is 1.36. The molecule has 0 aromatic heterocycles. The average Bonchev–Trinajstić information content (AvgIpc) is 2.46. The molecule has 1 aromatic carbocycles. The Labute approximate surface area is 118 Å². The fraction of sp³-hybridized carbons (Fsp3) is 0.467. The van der Waals surface area contributed by atoms with Crippen molar-refractivity contribution in [2.45, 2.75) is 25.3 Å². The molecule has 0 bridgehead atoms. The number of likely N-dealkylation sites (tertiary alicyclic amines) is 1. The Morgan fingerprint density at radius 2 is 2.00 bits per heavy atom. The summed E-state index contributed by atoms with van der Waals surface area (Å²) in [5.74, 6) is -0.919. The number of piperidine rings is 1. The monoisotopic (exact) mass is 276 g/mol. The van der Waals surface area contributed by atoms with Crippen molar-refractivity contribution in [3.8, 4) is 0 Å². The fourth-order valence-electron chi connectivity index (χ4n) is 2.58. The highest BCUT2D eigenvalue weighted by Gasteiger charge is 2.24. The average molecular weight is 276 g/mol. The third-order valence-corrected chi connectivity index (χ3v) is 3.62. The van der Waals surface area contributed by atoms with Crippen LogP contribution in [-0.2, 0) is 4.79 Å². The maximum absolute atomic E-state index is 12.0. The van der Waals surface area contributed by atoms with E-state index in [4.69, 9.17) is 5.11 Å². The van der Waals surface area contributed by atoms with Crippen LogP contribution in [0.1, 0.15) is 29.6 Å². The van der Waals surface area contributed by atoms with E-state index >= 15 is 0 Å². The van der Waals surface area contributed by atoms with Crippen LogP contribution in [0, 0.1) is 0 Å². The number of nitrogens with zero attached hydrogens (tertiary/aromatic N) is 1. The van der Waals surface area contributed by atoms with E-state index in [0.29, 0.717) is 12.1 Å². The molecule has 0 saturated carbocycles. The Kier molecular flexibility index (Phi) is 5.12. The zero-order valence-electron chi connectivity index (χ0n) is 11.4. The van der Waals surface area contributed by atoms with Gasteiger partial charge in [-0.1, -0.05) is 24.6 Å². The maximum atomic E-state index is 12.0. The lowest BCUT2D eigenvalue weighted by Gasteiger charge is -2.34. The number of nitrogens with one attached hydrogen (secondary N) is 1. The number of carboxylic acid groups (broad SMARTS) is 1. The Morgan fingerprint density at radius 1 is 1.25 bits per heavy atom. The highest BCUT2D eigenvalue weighted by molar-refractivity contribution is 5.94. The molecule has 0 spiro atoms. The normalized spacial score (nSPS) is 19.5.